The number of esters is 1. The van der Waals surface area contributed by atoms with Crippen LogP contribution in [0.5, 0.6) is 11.5 Å². The molecule has 0 aromatic heterocycles. The Morgan fingerprint density at radius 3 is 2.27 bits per heavy atom. The normalized spacial score (nSPS) is 11.1. The third-order valence-corrected chi connectivity index (χ3v) is 2.97. The van der Waals surface area contributed by atoms with Gasteiger partial charge in [0, 0.05) is 5.69 Å². The summed E-state index contributed by atoms with van der Waals surface area (Å²) in [5, 5.41) is 0.427. The van der Waals surface area contributed by atoms with E-state index in [4.69, 9.17) is 26.8 Å². The maximum absolute atomic E-state index is 11.9. The summed E-state index contributed by atoms with van der Waals surface area (Å²) in [7, 11) is 0. The van der Waals surface area contributed by atoms with Crippen molar-refractivity contribution in [3.05, 3.63) is 53.1 Å². The van der Waals surface area contributed by atoms with Crippen LogP contribution in [0.3, 0.4) is 0 Å². The van der Waals surface area contributed by atoms with Crippen LogP contribution in [0, 0.1) is 0 Å². The molecule has 0 fully saturated rings. The maximum atomic E-state index is 11.9. The van der Waals surface area contributed by atoms with Crippen LogP contribution in [0.25, 0.3) is 0 Å². The molecule has 0 bridgehead atoms. The fourth-order valence-corrected chi connectivity index (χ4v) is 1.95. The molecule has 0 amide bonds. The van der Waals surface area contributed by atoms with Crippen molar-refractivity contribution in [3.63, 3.8) is 0 Å². The van der Waals surface area contributed by atoms with Gasteiger partial charge in [-0.1, -0.05) is 11.6 Å². The van der Waals surface area contributed by atoms with Gasteiger partial charge in [0.2, 0.25) is 0 Å². The second-order valence-corrected chi connectivity index (χ2v) is 6.23. The van der Waals surface area contributed by atoms with E-state index in [9.17, 15) is 4.79 Å². The smallest absolute Gasteiger partial charge is 0.338 e. The zero-order valence-electron chi connectivity index (χ0n) is 12.7. The molecule has 0 aliphatic carbocycles. The van der Waals surface area contributed by atoms with E-state index < -0.39 is 5.60 Å². The lowest BCUT2D eigenvalue weighted by molar-refractivity contribution is 0.00695. The van der Waals surface area contributed by atoms with Gasteiger partial charge >= 0.3 is 5.97 Å². The number of benzene rings is 2. The van der Waals surface area contributed by atoms with Crippen molar-refractivity contribution in [1.29, 1.82) is 0 Å². The topological polar surface area (TPSA) is 61.5 Å². The van der Waals surface area contributed by atoms with Crippen LogP contribution < -0.4 is 10.5 Å². The molecule has 2 aromatic carbocycles. The molecule has 0 unspecified atom stereocenters. The monoisotopic (exact) mass is 319 g/mol. The Kier molecular flexibility index (Phi) is 4.62. The first-order valence-electron chi connectivity index (χ1n) is 6.81. The Bertz CT molecular complexity index is 675. The van der Waals surface area contributed by atoms with Gasteiger partial charge in [-0.3, -0.25) is 0 Å². The van der Waals surface area contributed by atoms with Crippen molar-refractivity contribution < 1.29 is 14.3 Å². The predicted octanol–water partition coefficient (Wildman–Crippen LogP) is 4.67. The molecule has 0 saturated heterocycles. The molecule has 0 aliphatic heterocycles. The number of halogens is 1. The summed E-state index contributed by atoms with van der Waals surface area (Å²) in [6.45, 7) is 5.47. The first-order valence-corrected chi connectivity index (χ1v) is 7.19. The highest BCUT2D eigenvalue weighted by atomic mass is 35.5. The van der Waals surface area contributed by atoms with Crippen molar-refractivity contribution in [2.75, 3.05) is 5.73 Å². The number of anilines is 1. The van der Waals surface area contributed by atoms with E-state index in [1.165, 1.54) is 0 Å². The van der Waals surface area contributed by atoms with E-state index in [1.54, 1.807) is 42.5 Å². The molecule has 5 heteroatoms. The summed E-state index contributed by atoms with van der Waals surface area (Å²) in [5.74, 6) is 0.699. The number of carbonyl (C=O) groups is 1. The number of hydrogen-bond donors (Lipinski definition) is 1. The number of nitrogen functional groups attached to an aromatic ring is 1. The van der Waals surface area contributed by atoms with Crippen molar-refractivity contribution >= 4 is 23.3 Å². The van der Waals surface area contributed by atoms with Crippen molar-refractivity contribution in [2.45, 2.75) is 26.4 Å². The van der Waals surface area contributed by atoms with Crippen LogP contribution >= 0.6 is 11.6 Å². The van der Waals surface area contributed by atoms with Crippen molar-refractivity contribution in [1.82, 2.24) is 0 Å². The molecule has 2 aromatic rings. The largest absolute Gasteiger partial charge is 0.456 e. The van der Waals surface area contributed by atoms with Gasteiger partial charge in [-0.15, -0.1) is 0 Å². The van der Waals surface area contributed by atoms with Gasteiger partial charge in [-0.2, -0.15) is 0 Å². The standard InChI is InChI=1S/C17H18ClNO3/c1-17(2,3)22-16(20)11-4-7-13(8-5-11)21-15-9-6-12(19)10-14(15)18/h4-10H,19H2,1-3H3. The Labute approximate surface area is 134 Å². The van der Waals surface area contributed by atoms with E-state index in [0.717, 1.165) is 0 Å². The summed E-state index contributed by atoms with van der Waals surface area (Å²) >= 11 is 6.05. The summed E-state index contributed by atoms with van der Waals surface area (Å²) in [6.07, 6.45) is 0. The van der Waals surface area contributed by atoms with Crippen LogP contribution in [0.4, 0.5) is 5.69 Å². The molecule has 0 atom stereocenters. The Morgan fingerprint density at radius 2 is 1.73 bits per heavy atom. The van der Waals surface area contributed by atoms with E-state index in [-0.39, 0.29) is 5.97 Å². The zero-order valence-corrected chi connectivity index (χ0v) is 13.5. The van der Waals surface area contributed by atoms with E-state index in [0.29, 0.717) is 27.8 Å². The molecule has 0 heterocycles. The molecule has 22 heavy (non-hydrogen) atoms. The SMILES string of the molecule is CC(C)(C)OC(=O)c1ccc(Oc2ccc(N)cc2Cl)cc1. The minimum absolute atomic E-state index is 0.371. The third-order valence-electron chi connectivity index (χ3n) is 2.67. The van der Waals surface area contributed by atoms with Crippen LogP contribution in [-0.4, -0.2) is 11.6 Å². The highest BCUT2D eigenvalue weighted by molar-refractivity contribution is 6.32. The second kappa shape index (κ2) is 6.28. The molecular formula is C17H18ClNO3. The Morgan fingerprint density at radius 1 is 1.09 bits per heavy atom. The van der Waals surface area contributed by atoms with Crippen LogP contribution in [0.2, 0.25) is 5.02 Å². The van der Waals surface area contributed by atoms with E-state index >= 15 is 0 Å². The lowest BCUT2D eigenvalue weighted by Crippen LogP contribution is -2.23. The zero-order chi connectivity index (χ0) is 16.3. The number of hydrogen-bond acceptors (Lipinski definition) is 4. The predicted molar refractivity (Wildman–Crippen MR) is 87.5 cm³/mol. The number of ether oxygens (including phenoxy) is 2. The lowest BCUT2D eigenvalue weighted by atomic mass is 10.1. The molecule has 2 rings (SSSR count). The molecule has 0 radical (unpaired) electrons. The fraction of sp³-hybridized carbons (Fsp3) is 0.235. The molecule has 116 valence electrons. The van der Waals surface area contributed by atoms with Crippen LogP contribution in [0.15, 0.2) is 42.5 Å². The highest BCUT2D eigenvalue weighted by Crippen LogP contribution is 2.31. The third kappa shape index (κ3) is 4.40. The highest BCUT2D eigenvalue weighted by Gasteiger charge is 2.17. The molecule has 4 nitrogen and oxygen atoms in total. The number of rotatable bonds is 3. The molecular weight excluding hydrogens is 302 g/mol. The average molecular weight is 320 g/mol. The lowest BCUT2D eigenvalue weighted by Gasteiger charge is -2.19. The Hall–Kier alpha value is -2.20. The molecule has 0 spiro atoms. The van der Waals surface area contributed by atoms with E-state index in [2.05, 4.69) is 0 Å². The quantitative estimate of drug-likeness (QED) is 0.659. The summed E-state index contributed by atoms with van der Waals surface area (Å²) in [6, 6.07) is 11.7. The van der Waals surface area contributed by atoms with Gasteiger partial charge < -0.3 is 15.2 Å². The van der Waals surface area contributed by atoms with Crippen LogP contribution in [0.1, 0.15) is 31.1 Å². The minimum atomic E-state index is -0.524. The van der Waals surface area contributed by atoms with Gasteiger partial charge in [0.1, 0.15) is 17.1 Å². The van der Waals surface area contributed by atoms with E-state index in [1.807, 2.05) is 20.8 Å². The molecule has 0 saturated carbocycles. The van der Waals surface area contributed by atoms with Gasteiger partial charge in [0.05, 0.1) is 10.6 Å². The van der Waals surface area contributed by atoms with Gasteiger partial charge in [-0.05, 0) is 63.2 Å². The molecule has 0 aliphatic rings. The van der Waals surface area contributed by atoms with Gasteiger partial charge in [0.25, 0.3) is 0 Å². The second-order valence-electron chi connectivity index (χ2n) is 5.82. The summed E-state index contributed by atoms with van der Waals surface area (Å²) < 4.78 is 11.0. The van der Waals surface area contributed by atoms with Gasteiger partial charge in [-0.25, -0.2) is 4.79 Å². The van der Waals surface area contributed by atoms with Crippen molar-refractivity contribution in [3.8, 4) is 11.5 Å². The minimum Gasteiger partial charge on any atom is -0.456 e. The fourth-order valence-electron chi connectivity index (χ4n) is 1.72. The maximum Gasteiger partial charge on any atom is 0.338 e. The first kappa shape index (κ1) is 16.2. The average Bonchev–Trinajstić information content (AvgIpc) is 2.41. The summed E-state index contributed by atoms with van der Waals surface area (Å²) in [5.41, 5.74) is 6.14. The summed E-state index contributed by atoms with van der Waals surface area (Å²) in [4.78, 5) is 11.9. The Balaban J connectivity index is 2.10. The van der Waals surface area contributed by atoms with Crippen LogP contribution in [-0.2, 0) is 4.74 Å². The van der Waals surface area contributed by atoms with Crippen molar-refractivity contribution in [2.24, 2.45) is 0 Å². The molecule has 2 N–H and O–H groups in total. The van der Waals surface area contributed by atoms with Gasteiger partial charge in [0.15, 0.2) is 0 Å². The number of nitrogens with two attached hydrogens (primary N) is 1. The number of carbonyl (C=O) groups excluding carboxylic acids is 1. The first-order chi connectivity index (χ1) is 10.2.